The van der Waals surface area contributed by atoms with Crippen molar-refractivity contribution in [2.24, 2.45) is 0 Å². The molecule has 26 heavy (non-hydrogen) atoms. The van der Waals surface area contributed by atoms with Crippen molar-refractivity contribution in [1.29, 1.82) is 0 Å². The summed E-state index contributed by atoms with van der Waals surface area (Å²) in [6.45, 7) is 4.81. The lowest BCUT2D eigenvalue weighted by atomic mass is 9.91. The lowest BCUT2D eigenvalue weighted by Gasteiger charge is -2.32. The van der Waals surface area contributed by atoms with E-state index in [1.807, 2.05) is 48.5 Å². The molecule has 1 aliphatic rings. The quantitative estimate of drug-likeness (QED) is 0.730. The maximum atomic E-state index is 12.7. The van der Waals surface area contributed by atoms with Gasteiger partial charge in [-0.3, -0.25) is 0 Å². The van der Waals surface area contributed by atoms with Crippen LogP contribution in [0.25, 0.3) is 0 Å². The second-order valence-corrected chi connectivity index (χ2v) is 9.27. The van der Waals surface area contributed by atoms with Crippen LogP contribution in [0.3, 0.4) is 0 Å². The average molecular weight is 392 g/mol. The van der Waals surface area contributed by atoms with Crippen LogP contribution in [-0.2, 0) is 16.4 Å². The molecule has 5 heteroatoms. The lowest BCUT2D eigenvalue weighted by Crippen LogP contribution is -2.48. The highest BCUT2D eigenvalue weighted by molar-refractivity contribution is 7.91. The zero-order valence-corrected chi connectivity index (χ0v) is 17.3. The van der Waals surface area contributed by atoms with Crippen molar-refractivity contribution in [2.45, 2.75) is 61.4 Å². The topological polar surface area (TPSA) is 46.2 Å². The highest BCUT2D eigenvalue weighted by atomic mass is 32.2. The third-order valence-corrected chi connectivity index (χ3v) is 7.12. The Bertz CT molecular complexity index is 764. The maximum absolute atomic E-state index is 12.7. The average Bonchev–Trinajstić information content (AvgIpc) is 2.77. The molecule has 0 fully saturated rings. The highest BCUT2D eigenvalue weighted by Crippen LogP contribution is 2.31. The van der Waals surface area contributed by atoms with E-state index in [2.05, 4.69) is 31.8 Å². The largest absolute Gasteiger partial charge is 0.306 e. The first-order valence-corrected chi connectivity index (χ1v) is 11.3. The predicted molar refractivity (Wildman–Crippen MR) is 112 cm³/mol. The van der Waals surface area contributed by atoms with Crippen LogP contribution in [0.15, 0.2) is 64.4 Å². The Hall–Kier alpha value is -1.30. The molecule has 142 valence electrons. The molecule has 1 N–H and O–H groups in total. The number of thiol groups is 1. The number of unbranched alkanes of at least 4 members (excludes halogenated alkanes) is 1. The van der Waals surface area contributed by atoms with Gasteiger partial charge in [0.1, 0.15) is 0 Å². The summed E-state index contributed by atoms with van der Waals surface area (Å²) in [6, 6.07) is 17.4. The minimum Gasteiger partial charge on any atom is -0.306 e. The zero-order chi connectivity index (χ0) is 19.0. The number of benzene rings is 2. The van der Waals surface area contributed by atoms with Crippen LogP contribution in [0.4, 0.5) is 0 Å². The van der Waals surface area contributed by atoms with Gasteiger partial charge in [0.25, 0.3) is 0 Å². The van der Waals surface area contributed by atoms with E-state index in [1.54, 1.807) is 6.07 Å². The van der Waals surface area contributed by atoms with Crippen LogP contribution < -0.4 is 5.32 Å². The van der Waals surface area contributed by atoms with Gasteiger partial charge in [0.2, 0.25) is 0 Å². The van der Waals surface area contributed by atoms with Gasteiger partial charge >= 0.3 is 0 Å². The molecule has 0 saturated heterocycles. The molecule has 2 aromatic rings. The summed E-state index contributed by atoms with van der Waals surface area (Å²) in [5, 5.41) is 3.51. The predicted octanol–water partition coefficient (Wildman–Crippen LogP) is 4.88. The first kappa shape index (κ1) is 21.0. The Morgan fingerprint density at radius 3 is 2.23 bits per heavy atom. The number of nitrogens with one attached hydrogen (secondary N) is 1. The third kappa shape index (κ3) is 5.60. The van der Waals surface area contributed by atoms with Crippen LogP contribution in [-0.4, -0.2) is 19.7 Å². The van der Waals surface area contributed by atoms with Crippen LogP contribution >= 0.6 is 12.6 Å². The van der Waals surface area contributed by atoms with E-state index in [0.717, 1.165) is 31.2 Å². The maximum Gasteiger partial charge on any atom is 0.180 e. The van der Waals surface area contributed by atoms with Gasteiger partial charge in [-0.05, 0) is 30.5 Å². The van der Waals surface area contributed by atoms with Crippen molar-refractivity contribution in [3.05, 3.63) is 60.2 Å². The van der Waals surface area contributed by atoms with E-state index in [9.17, 15) is 8.42 Å². The Morgan fingerprint density at radius 1 is 1.08 bits per heavy atom. The van der Waals surface area contributed by atoms with Gasteiger partial charge in [0.05, 0.1) is 10.6 Å². The van der Waals surface area contributed by atoms with Gasteiger partial charge in [-0.25, -0.2) is 8.42 Å². The summed E-state index contributed by atoms with van der Waals surface area (Å²) >= 11 is 4.27. The summed E-state index contributed by atoms with van der Waals surface area (Å²) in [5.74, 6) is 0.181. The van der Waals surface area contributed by atoms with Gasteiger partial charge in [-0.1, -0.05) is 69.2 Å². The SMILES string of the molecule is CCCC[C@]1(CC)CS(=O)(=O)c2cc(S)ccc2CN1.c1ccccc1. The van der Waals surface area contributed by atoms with Crippen molar-refractivity contribution >= 4 is 22.5 Å². The van der Waals surface area contributed by atoms with E-state index in [4.69, 9.17) is 0 Å². The molecule has 1 heterocycles. The molecule has 0 aliphatic carbocycles. The fraction of sp³-hybridized carbons (Fsp3) is 0.429. The van der Waals surface area contributed by atoms with Crippen LogP contribution in [0.1, 0.15) is 45.1 Å². The van der Waals surface area contributed by atoms with Crippen molar-refractivity contribution in [1.82, 2.24) is 5.32 Å². The minimum atomic E-state index is -3.26. The summed E-state index contributed by atoms with van der Waals surface area (Å²) in [5.41, 5.74) is 0.555. The molecule has 0 aromatic heterocycles. The molecule has 0 unspecified atom stereocenters. The molecule has 3 nitrogen and oxygen atoms in total. The van der Waals surface area contributed by atoms with E-state index in [1.165, 1.54) is 0 Å². The van der Waals surface area contributed by atoms with E-state index in [-0.39, 0.29) is 11.3 Å². The molecule has 0 radical (unpaired) electrons. The number of fused-ring (bicyclic) bond motifs is 1. The van der Waals surface area contributed by atoms with Gasteiger partial charge in [0, 0.05) is 17.0 Å². The molecule has 0 spiro atoms. The zero-order valence-electron chi connectivity index (χ0n) is 15.6. The Morgan fingerprint density at radius 2 is 1.69 bits per heavy atom. The second-order valence-electron chi connectivity index (χ2n) is 6.80. The highest BCUT2D eigenvalue weighted by Gasteiger charge is 2.37. The fourth-order valence-electron chi connectivity index (χ4n) is 3.22. The van der Waals surface area contributed by atoms with Gasteiger partial charge in [0.15, 0.2) is 9.84 Å². The van der Waals surface area contributed by atoms with E-state index in [0.29, 0.717) is 16.3 Å². The fourth-order valence-corrected chi connectivity index (χ4v) is 5.69. The van der Waals surface area contributed by atoms with Gasteiger partial charge in [-0.15, -0.1) is 12.6 Å². The molecule has 3 rings (SSSR count). The van der Waals surface area contributed by atoms with Crippen molar-refractivity contribution in [2.75, 3.05) is 5.75 Å². The normalized spacial score (nSPS) is 21.0. The standard InChI is InChI=1S/C15H23NO2S2.C6H6/c1-3-5-8-15(4-2)11-20(17,18)14-9-13(19)7-6-12(14)10-16-15;1-2-4-6-5-3-1/h6-7,9,16,19H,3-5,8,10-11H2,1-2H3;1-6H/t15-;/m1./s1. The second kappa shape index (κ2) is 9.58. The number of hydrogen-bond acceptors (Lipinski definition) is 4. The number of sulfone groups is 1. The van der Waals surface area contributed by atoms with Crippen molar-refractivity contribution < 1.29 is 8.42 Å². The van der Waals surface area contributed by atoms with Gasteiger partial charge in [-0.2, -0.15) is 0 Å². The number of hydrogen-bond donors (Lipinski definition) is 2. The Balaban J connectivity index is 0.000000342. The lowest BCUT2D eigenvalue weighted by molar-refractivity contribution is 0.313. The molecule has 0 amide bonds. The third-order valence-electron chi connectivity index (χ3n) is 4.86. The summed E-state index contributed by atoms with van der Waals surface area (Å²) < 4.78 is 25.4. The summed E-state index contributed by atoms with van der Waals surface area (Å²) in [4.78, 5) is 1.15. The summed E-state index contributed by atoms with van der Waals surface area (Å²) in [7, 11) is -3.26. The van der Waals surface area contributed by atoms with E-state index < -0.39 is 9.84 Å². The Labute approximate surface area is 163 Å². The van der Waals surface area contributed by atoms with Crippen LogP contribution in [0.2, 0.25) is 0 Å². The van der Waals surface area contributed by atoms with Crippen molar-refractivity contribution in [3.63, 3.8) is 0 Å². The smallest absolute Gasteiger partial charge is 0.180 e. The first-order valence-electron chi connectivity index (χ1n) is 9.22. The minimum absolute atomic E-state index is 0.181. The summed E-state index contributed by atoms with van der Waals surface area (Å²) in [6.07, 6.45) is 3.86. The van der Waals surface area contributed by atoms with E-state index >= 15 is 0 Å². The molecular formula is C21H29NO2S2. The molecular weight excluding hydrogens is 362 g/mol. The molecule has 1 aliphatic heterocycles. The molecule has 0 saturated carbocycles. The van der Waals surface area contributed by atoms with Gasteiger partial charge < -0.3 is 5.32 Å². The van der Waals surface area contributed by atoms with Crippen LogP contribution in [0, 0.1) is 0 Å². The Kier molecular flexibility index (Phi) is 7.74. The van der Waals surface area contributed by atoms with Crippen LogP contribution in [0.5, 0.6) is 0 Å². The monoisotopic (exact) mass is 391 g/mol. The van der Waals surface area contributed by atoms with Crippen molar-refractivity contribution in [3.8, 4) is 0 Å². The molecule has 1 atom stereocenters. The number of rotatable bonds is 4. The first-order chi connectivity index (χ1) is 12.4. The molecule has 0 bridgehead atoms. The molecule has 2 aromatic carbocycles.